The van der Waals surface area contributed by atoms with Crippen LogP contribution in [0.15, 0.2) is 60.2 Å². The zero-order valence-corrected chi connectivity index (χ0v) is 20.2. The summed E-state index contributed by atoms with van der Waals surface area (Å²) in [6.07, 6.45) is 1.32. The molecule has 3 aromatic rings. The number of para-hydroxylation sites is 1. The van der Waals surface area contributed by atoms with Crippen LogP contribution in [-0.2, 0) is 11.4 Å². The molecule has 1 N–H and O–H groups in total. The average molecular weight is 512 g/mol. The summed E-state index contributed by atoms with van der Waals surface area (Å²) in [6, 6.07) is 16.2. The summed E-state index contributed by atoms with van der Waals surface area (Å²) in [4.78, 5) is 23.6. The van der Waals surface area contributed by atoms with Crippen LogP contribution in [0.1, 0.15) is 16.7 Å². The molecule has 0 unspecified atom stereocenters. The number of halogens is 2. The highest BCUT2D eigenvalue weighted by molar-refractivity contribution is 6.35. The molecule has 10 heteroatoms. The monoisotopic (exact) mass is 511 g/mol. The molecule has 0 fully saturated rings. The maximum atomic E-state index is 12.8. The van der Waals surface area contributed by atoms with Crippen LogP contribution in [0.3, 0.4) is 0 Å². The minimum Gasteiger partial charge on any atom is -0.493 e. The minimum absolute atomic E-state index is 0.0220. The van der Waals surface area contributed by atoms with E-state index in [4.69, 9.17) is 32.7 Å². The number of amides is 1. The molecule has 35 heavy (non-hydrogen) atoms. The van der Waals surface area contributed by atoms with Crippen LogP contribution >= 0.6 is 23.2 Å². The van der Waals surface area contributed by atoms with E-state index in [0.717, 1.165) is 0 Å². The lowest BCUT2D eigenvalue weighted by atomic mass is 10.1. The van der Waals surface area contributed by atoms with E-state index in [1.54, 1.807) is 49.4 Å². The Balaban J connectivity index is 1.92. The number of carbonyl (C=O) groups is 1. The highest BCUT2D eigenvalue weighted by Crippen LogP contribution is 2.34. The number of carbonyl (C=O) groups excluding carboxylic acids is 1. The molecule has 0 atom stereocenters. The van der Waals surface area contributed by atoms with Gasteiger partial charge in [0.25, 0.3) is 11.6 Å². The third-order valence-electron chi connectivity index (χ3n) is 4.88. The third kappa shape index (κ3) is 6.29. The lowest BCUT2D eigenvalue weighted by Gasteiger charge is -2.14. The molecule has 8 nitrogen and oxygen atoms in total. The number of methoxy groups -OCH3 is 1. The van der Waals surface area contributed by atoms with E-state index in [9.17, 15) is 20.2 Å². The molecule has 0 aliphatic carbocycles. The summed E-state index contributed by atoms with van der Waals surface area (Å²) in [5.74, 6) is -0.160. The van der Waals surface area contributed by atoms with E-state index in [2.05, 4.69) is 5.32 Å². The number of hydrogen-bond acceptors (Lipinski definition) is 6. The Hall–Kier alpha value is -4.06. The van der Waals surface area contributed by atoms with Crippen molar-refractivity contribution in [2.75, 3.05) is 12.4 Å². The van der Waals surface area contributed by atoms with Crippen LogP contribution in [0.4, 0.5) is 11.4 Å². The third-order valence-corrected chi connectivity index (χ3v) is 5.47. The highest BCUT2D eigenvalue weighted by Gasteiger charge is 2.19. The fraction of sp³-hybridized carbons (Fsp3) is 0.120. The fourth-order valence-corrected chi connectivity index (χ4v) is 3.61. The lowest BCUT2D eigenvalue weighted by Crippen LogP contribution is -2.14. The largest absolute Gasteiger partial charge is 0.493 e. The molecule has 0 aromatic heterocycles. The van der Waals surface area contributed by atoms with Crippen LogP contribution in [0, 0.1) is 28.4 Å². The zero-order chi connectivity index (χ0) is 25.5. The number of rotatable bonds is 8. The Labute approximate surface area is 211 Å². The van der Waals surface area contributed by atoms with E-state index in [1.807, 2.05) is 6.07 Å². The maximum Gasteiger partial charge on any atom is 0.293 e. The molecule has 0 saturated carbocycles. The van der Waals surface area contributed by atoms with Gasteiger partial charge >= 0.3 is 0 Å². The van der Waals surface area contributed by atoms with E-state index >= 15 is 0 Å². The number of ether oxygens (including phenoxy) is 2. The molecular weight excluding hydrogens is 493 g/mol. The van der Waals surface area contributed by atoms with Gasteiger partial charge in [-0.2, -0.15) is 5.26 Å². The number of nitro groups is 1. The molecule has 0 radical (unpaired) electrons. The summed E-state index contributed by atoms with van der Waals surface area (Å²) in [5, 5.41) is 24.3. The van der Waals surface area contributed by atoms with Crippen molar-refractivity contribution < 1.29 is 19.2 Å². The average Bonchev–Trinajstić information content (AvgIpc) is 2.83. The van der Waals surface area contributed by atoms with Crippen LogP contribution < -0.4 is 14.8 Å². The van der Waals surface area contributed by atoms with Gasteiger partial charge in [0.2, 0.25) is 0 Å². The van der Waals surface area contributed by atoms with Crippen molar-refractivity contribution in [2.24, 2.45) is 0 Å². The van der Waals surface area contributed by atoms with Crippen LogP contribution in [0.25, 0.3) is 6.08 Å². The molecule has 0 heterocycles. The summed E-state index contributed by atoms with van der Waals surface area (Å²) in [5.41, 5.74) is 1.13. The summed E-state index contributed by atoms with van der Waals surface area (Å²) >= 11 is 12.2. The first-order valence-electron chi connectivity index (χ1n) is 10.2. The first-order chi connectivity index (χ1) is 16.7. The van der Waals surface area contributed by atoms with Crippen molar-refractivity contribution in [3.05, 3.63) is 97.0 Å². The zero-order valence-electron chi connectivity index (χ0n) is 18.7. The standard InChI is InChI=1S/C25H19Cl2N3O5/c1-15-6-9-21(22(10-15)30(32)33)29-25(31)18(13-28)11-16-4-3-5-23(34-2)24(16)35-14-17-7-8-19(26)12-20(17)27/h3-12H,14H2,1-2H3,(H,29,31)/b18-11+. The first-order valence-corrected chi connectivity index (χ1v) is 10.9. The van der Waals surface area contributed by atoms with Crippen molar-refractivity contribution in [2.45, 2.75) is 13.5 Å². The quantitative estimate of drug-likeness (QED) is 0.163. The van der Waals surface area contributed by atoms with Gasteiger partial charge in [-0.1, -0.05) is 47.5 Å². The lowest BCUT2D eigenvalue weighted by molar-refractivity contribution is -0.384. The second kappa shape index (κ2) is 11.4. The van der Waals surface area contributed by atoms with E-state index in [1.165, 1.54) is 25.3 Å². The van der Waals surface area contributed by atoms with Crippen LogP contribution in [0.2, 0.25) is 10.0 Å². The van der Waals surface area contributed by atoms with Gasteiger partial charge in [-0.25, -0.2) is 0 Å². The predicted octanol–water partition coefficient (Wildman–Crippen LogP) is 6.34. The van der Waals surface area contributed by atoms with Gasteiger partial charge in [0.1, 0.15) is 23.9 Å². The highest BCUT2D eigenvalue weighted by atomic mass is 35.5. The number of nitrogens with one attached hydrogen (secondary N) is 1. The van der Waals surface area contributed by atoms with Gasteiger partial charge in [-0.15, -0.1) is 0 Å². The van der Waals surface area contributed by atoms with Crippen molar-refractivity contribution in [3.8, 4) is 17.6 Å². The number of benzene rings is 3. The molecule has 0 bridgehead atoms. The maximum absolute atomic E-state index is 12.8. The van der Waals surface area contributed by atoms with Crippen molar-refractivity contribution in [1.82, 2.24) is 0 Å². The van der Waals surface area contributed by atoms with Gasteiger partial charge in [-0.3, -0.25) is 14.9 Å². The normalized spacial score (nSPS) is 10.9. The van der Waals surface area contributed by atoms with E-state index < -0.39 is 10.8 Å². The van der Waals surface area contributed by atoms with Crippen molar-refractivity contribution in [3.63, 3.8) is 0 Å². The van der Waals surface area contributed by atoms with Gasteiger partial charge in [-0.05, 0) is 42.8 Å². The Morgan fingerprint density at radius 1 is 1.20 bits per heavy atom. The summed E-state index contributed by atoms with van der Waals surface area (Å²) < 4.78 is 11.3. The number of aryl methyl sites for hydroxylation is 1. The number of nitro benzene ring substituents is 1. The van der Waals surface area contributed by atoms with Crippen molar-refractivity contribution >= 4 is 46.6 Å². The molecule has 1 amide bonds. The first kappa shape index (κ1) is 25.6. The van der Waals surface area contributed by atoms with Gasteiger partial charge in [0.05, 0.1) is 12.0 Å². The predicted molar refractivity (Wildman–Crippen MR) is 134 cm³/mol. The van der Waals surface area contributed by atoms with E-state index in [0.29, 0.717) is 32.5 Å². The second-order valence-electron chi connectivity index (χ2n) is 7.30. The Bertz CT molecular complexity index is 1370. The summed E-state index contributed by atoms with van der Waals surface area (Å²) in [7, 11) is 1.46. The number of hydrogen-bond donors (Lipinski definition) is 1. The van der Waals surface area contributed by atoms with Crippen molar-refractivity contribution in [1.29, 1.82) is 5.26 Å². The smallest absolute Gasteiger partial charge is 0.293 e. The fourth-order valence-electron chi connectivity index (χ4n) is 3.14. The minimum atomic E-state index is -0.811. The van der Waals surface area contributed by atoms with Gasteiger partial charge in [0.15, 0.2) is 11.5 Å². The SMILES string of the molecule is COc1cccc(/C=C(\C#N)C(=O)Nc2ccc(C)cc2[N+](=O)[O-])c1OCc1ccc(Cl)cc1Cl. The van der Waals surface area contributed by atoms with E-state index in [-0.39, 0.29) is 29.3 Å². The van der Waals surface area contributed by atoms with Crippen LogP contribution in [0.5, 0.6) is 11.5 Å². The van der Waals surface area contributed by atoms with Gasteiger partial charge in [0, 0.05) is 27.2 Å². The molecule has 0 saturated heterocycles. The molecule has 3 rings (SSSR count). The summed E-state index contributed by atoms with van der Waals surface area (Å²) in [6.45, 7) is 1.77. The molecule has 3 aromatic carbocycles. The van der Waals surface area contributed by atoms with Gasteiger partial charge < -0.3 is 14.8 Å². The number of nitrogens with zero attached hydrogens (tertiary/aromatic N) is 2. The topological polar surface area (TPSA) is 114 Å². The Kier molecular flexibility index (Phi) is 8.31. The molecule has 0 aliphatic rings. The Morgan fingerprint density at radius 3 is 2.63 bits per heavy atom. The Morgan fingerprint density at radius 2 is 1.97 bits per heavy atom. The molecule has 0 spiro atoms. The molecular formula is C25H19Cl2N3O5. The molecule has 0 aliphatic heterocycles. The number of nitriles is 1. The molecule has 178 valence electrons. The number of anilines is 1. The second-order valence-corrected chi connectivity index (χ2v) is 8.15. The van der Waals surface area contributed by atoms with Crippen LogP contribution in [-0.4, -0.2) is 17.9 Å².